The van der Waals surface area contributed by atoms with Gasteiger partial charge in [-0.1, -0.05) is 13.8 Å². The maximum atomic E-state index is 12.8. The van der Waals surface area contributed by atoms with Gasteiger partial charge in [0.05, 0.1) is 10.5 Å². The van der Waals surface area contributed by atoms with Gasteiger partial charge < -0.3 is 9.64 Å². The molecule has 2 aliphatic rings. The van der Waals surface area contributed by atoms with Crippen LogP contribution in [0.25, 0.3) is 0 Å². The van der Waals surface area contributed by atoms with Crippen LogP contribution < -0.4 is 0 Å². The Hall–Kier alpha value is -1.93. The highest BCUT2D eigenvalue weighted by atomic mass is 32.2. The molecule has 0 N–H and O–H groups in total. The zero-order chi connectivity index (χ0) is 21.7. The Morgan fingerprint density at radius 1 is 1.03 bits per heavy atom. The van der Waals surface area contributed by atoms with Gasteiger partial charge in [0.15, 0.2) is 6.61 Å². The lowest BCUT2D eigenvalue weighted by molar-refractivity contribution is -0.138. The monoisotopic (exact) mass is 436 g/mol. The summed E-state index contributed by atoms with van der Waals surface area (Å²) < 4.78 is 32.3. The third-order valence-corrected chi connectivity index (χ3v) is 8.13. The van der Waals surface area contributed by atoms with E-state index >= 15 is 0 Å². The molecule has 1 atom stereocenters. The zero-order valence-electron chi connectivity index (χ0n) is 17.9. The second-order valence-electron chi connectivity index (χ2n) is 8.33. The van der Waals surface area contributed by atoms with Crippen LogP contribution >= 0.6 is 0 Å². The highest BCUT2D eigenvalue weighted by molar-refractivity contribution is 7.89. The molecule has 3 rings (SSSR count). The zero-order valence-corrected chi connectivity index (χ0v) is 18.7. The van der Waals surface area contributed by atoms with E-state index in [-0.39, 0.29) is 29.0 Å². The van der Waals surface area contributed by atoms with Gasteiger partial charge in [0.1, 0.15) is 0 Å². The van der Waals surface area contributed by atoms with E-state index in [0.29, 0.717) is 25.6 Å². The summed E-state index contributed by atoms with van der Waals surface area (Å²) in [6.07, 6.45) is 5.69. The number of esters is 1. The Labute approximate surface area is 179 Å². The molecule has 0 saturated carbocycles. The van der Waals surface area contributed by atoms with Gasteiger partial charge in [0.25, 0.3) is 5.91 Å². The van der Waals surface area contributed by atoms with Crippen molar-refractivity contribution in [1.82, 2.24) is 9.21 Å². The average molecular weight is 437 g/mol. The van der Waals surface area contributed by atoms with Gasteiger partial charge in [0.2, 0.25) is 10.0 Å². The molecule has 1 amide bonds. The van der Waals surface area contributed by atoms with Crippen LogP contribution in [-0.2, 0) is 19.6 Å². The molecule has 2 heterocycles. The largest absolute Gasteiger partial charge is 0.452 e. The number of carbonyl (C=O) groups is 2. The topological polar surface area (TPSA) is 84.0 Å². The number of nitrogens with zero attached hydrogens (tertiary/aromatic N) is 2. The van der Waals surface area contributed by atoms with Crippen molar-refractivity contribution in [2.75, 3.05) is 26.2 Å². The quantitative estimate of drug-likeness (QED) is 0.640. The molecule has 166 valence electrons. The van der Waals surface area contributed by atoms with Crippen molar-refractivity contribution in [2.24, 2.45) is 5.92 Å². The van der Waals surface area contributed by atoms with Crippen LogP contribution in [0.3, 0.4) is 0 Å². The molecule has 0 aromatic heterocycles. The first-order chi connectivity index (χ1) is 14.3. The van der Waals surface area contributed by atoms with Crippen molar-refractivity contribution in [1.29, 1.82) is 0 Å². The maximum Gasteiger partial charge on any atom is 0.338 e. The molecule has 0 spiro atoms. The molecule has 1 aromatic rings. The number of rotatable bonds is 6. The number of hydrogen-bond donors (Lipinski definition) is 0. The molecule has 2 aliphatic heterocycles. The van der Waals surface area contributed by atoms with Crippen LogP contribution in [0.15, 0.2) is 29.2 Å². The molecular formula is C22H32N2O5S. The summed E-state index contributed by atoms with van der Waals surface area (Å²) in [4.78, 5) is 26.8. The average Bonchev–Trinajstić information content (AvgIpc) is 2.77. The summed E-state index contributed by atoms with van der Waals surface area (Å²) in [5, 5.41) is 0. The van der Waals surface area contributed by atoms with Crippen molar-refractivity contribution < 1.29 is 22.7 Å². The van der Waals surface area contributed by atoms with Gasteiger partial charge in [-0.2, -0.15) is 4.31 Å². The van der Waals surface area contributed by atoms with E-state index in [1.54, 1.807) is 0 Å². The van der Waals surface area contributed by atoms with Crippen LogP contribution in [0.5, 0.6) is 0 Å². The van der Waals surface area contributed by atoms with Crippen molar-refractivity contribution in [3.63, 3.8) is 0 Å². The molecule has 2 fully saturated rings. The smallest absolute Gasteiger partial charge is 0.338 e. The first-order valence-corrected chi connectivity index (χ1v) is 12.3. The van der Waals surface area contributed by atoms with Gasteiger partial charge in [0, 0.05) is 25.7 Å². The van der Waals surface area contributed by atoms with Crippen LogP contribution in [0, 0.1) is 5.92 Å². The summed E-state index contributed by atoms with van der Waals surface area (Å²) in [5.41, 5.74) is 0.236. The van der Waals surface area contributed by atoms with Crippen molar-refractivity contribution in [2.45, 2.75) is 63.3 Å². The Balaban J connectivity index is 1.58. The summed E-state index contributed by atoms with van der Waals surface area (Å²) >= 11 is 0. The summed E-state index contributed by atoms with van der Waals surface area (Å²) in [6.45, 7) is 5.64. The van der Waals surface area contributed by atoms with E-state index in [9.17, 15) is 18.0 Å². The molecule has 7 nitrogen and oxygen atoms in total. The minimum absolute atomic E-state index is 0.170. The summed E-state index contributed by atoms with van der Waals surface area (Å²) in [6, 6.07) is 5.98. The van der Waals surface area contributed by atoms with Gasteiger partial charge in [-0.3, -0.25) is 4.79 Å². The van der Waals surface area contributed by atoms with E-state index in [4.69, 9.17) is 4.74 Å². The molecule has 0 radical (unpaired) electrons. The molecule has 1 unspecified atom stereocenters. The minimum Gasteiger partial charge on any atom is -0.452 e. The van der Waals surface area contributed by atoms with E-state index in [0.717, 1.165) is 38.5 Å². The van der Waals surface area contributed by atoms with E-state index in [2.05, 4.69) is 13.8 Å². The Bertz CT molecular complexity index is 845. The molecule has 0 aliphatic carbocycles. The number of benzene rings is 1. The molecule has 30 heavy (non-hydrogen) atoms. The lowest BCUT2D eigenvalue weighted by atomic mass is 10.00. The lowest BCUT2D eigenvalue weighted by Gasteiger charge is -2.35. The van der Waals surface area contributed by atoms with E-state index < -0.39 is 16.0 Å². The van der Waals surface area contributed by atoms with Gasteiger partial charge in [-0.05, 0) is 68.7 Å². The fourth-order valence-electron chi connectivity index (χ4n) is 4.18. The first-order valence-electron chi connectivity index (χ1n) is 10.9. The highest BCUT2D eigenvalue weighted by Crippen LogP contribution is 2.24. The molecule has 2 saturated heterocycles. The first kappa shape index (κ1) is 22.7. The van der Waals surface area contributed by atoms with Crippen molar-refractivity contribution in [3.05, 3.63) is 29.8 Å². The van der Waals surface area contributed by atoms with Crippen LogP contribution in [0.1, 0.15) is 62.7 Å². The summed E-state index contributed by atoms with van der Waals surface area (Å²) in [5.74, 6) is -0.258. The number of amides is 1. The van der Waals surface area contributed by atoms with E-state index in [1.807, 2.05) is 4.90 Å². The van der Waals surface area contributed by atoms with Crippen LogP contribution in [0.4, 0.5) is 0 Å². The SMILES string of the molecule is CCC1CCCCN1C(=O)COC(=O)c1ccc(S(=O)(=O)N2CCC(C)CC2)cc1. The minimum atomic E-state index is -3.56. The number of ether oxygens (including phenoxy) is 1. The maximum absolute atomic E-state index is 12.8. The van der Waals surface area contributed by atoms with E-state index in [1.165, 1.54) is 28.6 Å². The van der Waals surface area contributed by atoms with Crippen molar-refractivity contribution >= 4 is 21.9 Å². The number of carbonyl (C=O) groups excluding carboxylic acids is 2. The number of sulfonamides is 1. The van der Waals surface area contributed by atoms with Gasteiger partial charge in [-0.25, -0.2) is 13.2 Å². The highest BCUT2D eigenvalue weighted by Gasteiger charge is 2.29. The Morgan fingerprint density at radius 3 is 2.33 bits per heavy atom. The second kappa shape index (κ2) is 9.92. The molecule has 8 heteroatoms. The number of piperidine rings is 2. The fraction of sp³-hybridized carbons (Fsp3) is 0.636. The fourth-order valence-corrected chi connectivity index (χ4v) is 5.65. The van der Waals surface area contributed by atoms with Gasteiger partial charge >= 0.3 is 5.97 Å². The Morgan fingerprint density at radius 2 is 1.70 bits per heavy atom. The predicted molar refractivity (Wildman–Crippen MR) is 114 cm³/mol. The second-order valence-corrected chi connectivity index (χ2v) is 10.3. The number of hydrogen-bond acceptors (Lipinski definition) is 5. The molecular weight excluding hydrogens is 404 g/mol. The predicted octanol–water partition coefficient (Wildman–Crippen LogP) is 3.06. The molecule has 1 aromatic carbocycles. The van der Waals surface area contributed by atoms with Crippen molar-refractivity contribution in [3.8, 4) is 0 Å². The van der Waals surface area contributed by atoms with Crippen LogP contribution in [-0.4, -0.2) is 61.8 Å². The standard InChI is InChI=1S/C22H32N2O5S/c1-3-19-6-4-5-13-24(19)21(25)16-29-22(26)18-7-9-20(10-8-18)30(27,28)23-14-11-17(2)12-15-23/h7-10,17,19H,3-6,11-16H2,1-2H3. The van der Waals surface area contributed by atoms with Crippen LogP contribution in [0.2, 0.25) is 0 Å². The Kier molecular flexibility index (Phi) is 7.52. The normalized spacial score (nSPS) is 21.4. The third-order valence-electron chi connectivity index (χ3n) is 6.22. The van der Waals surface area contributed by atoms with Gasteiger partial charge in [-0.15, -0.1) is 0 Å². The lowest BCUT2D eigenvalue weighted by Crippen LogP contribution is -2.45. The summed E-state index contributed by atoms with van der Waals surface area (Å²) in [7, 11) is -3.56. The molecule has 0 bridgehead atoms. The third kappa shape index (κ3) is 5.21. The number of likely N-dealkylation sites (tertiary alicyclic amines) is 1.